The van der Waals surface area contributed by atoms with Gasteiger partial charge in [-0.05, 0) is 25.1 Å². The number of ether oxygens (including phenoxy) is 1. The zero-order valence-corrected chi connectivity index (χ0v) is 13.2. The first-order chi connectivity index (χ1) is 9.60. The first-order valence-electron chi connectivity index (χ1n) is 5.97. The Labute approximate surface area is 123 Å². The summed E-state index contributed by atoms with van der Waals surface area (Å²) in [5.41, 5.74) is 0. The highest BCUT2D eigenvalue weighted by Crippen LogP contribution is 2.21. The number of likely N-dealkylation sites (N-methyl/N-ethyl adjacent to an activating group) is 1. The molecule has 0 bridgehead atoms. The zero-order valence-electron chi connectivity index (χ0n) is 11.6. The van der Waals surface area contributed by atoms with Crippen LogP contribution in [0, 0.1) is 5.82 Å². The van der Waals surface area contributed by atoms with Crippen LogP contribution in [0.4, 0.5) is 4.39 Å². The number of benzene rings is 1. The number of sulfonamides is 2. The van der Waals surface area contributed by atoms with Gasteiger partial charge in [0.2, 0.25) is 20.0 Å². The molecule has 0 aliphatic rings. The molecular formula is C11H17FN2O5S2. The fraction of sp³-hybridized carbons (Fsp3) is 0.455. The average Bonchev–Trinajstić information content (AvgIpc) is 2.37. The Morgan fingerprint density at radius 3 is 2.38 bits per heavy atom. The first kappa shape index (κ1) is 18.0. The summed E-state index contributed by atoms with van der Waals surface area (Å²) >= 11 is 0. The maximum absolute atomic E-state index is 13.9. The van der Waals surface area contributed by atoms with Gasteiger partial charge < -0.3 is 4.74 Å². The first-order valence-corrected chi connectivity index (χ1v) is 8.95. The van der Waals surface area contributed by atoms with E-state index in [0.29, 0.717) is 12.7 Å². The molecule has 0 radical (unpaired) electrons. The topological polar surface area (TPSA) is 107 Å². The van der Waals surface area contributed by atoms with Crippen molar-refractivity contribution in [1.29, 1.82) is 0 Å². The third kappa shape index (κ3) is 4.45. The van der Waals surface area contributed by atoms with E-state index in [1.165, 1.54) is 7.05 Å². The molecule has 1 aromatic carbocycles. The molecule has 0 fully saturated rings. The summed E-state index contributed by atoms with van der Waals surface area (Å²) in [6.07, 6.45) is 0. The van der Waals surface area contributed by atoms with Crippen molar-refractivity contribution in [3.8, 4) is 0 Å². The van der Waals surface area contributed by atoms with Crippen LogP contribution in [0.25, 0.3) is 0 Å². The minimum atomic E-state index is -4.09. The summed E-state index contributed by atoms with van der Waals surface area (Å²) in [6.45, 7) is 2.42. The molecular weight excluding hydrogens is 323 g/mol. The van der Waals surface area contributed by atoms with Gasteiger partial charge in [0, 0.05) is 20.2 Å². The lowest BCUT2D eigenvalue weighted by atomic mass is 10.3. The number of nitrogens with zero attached hydrogens (tertiary/aromatic N) is 1. The van der Waals surface area contributed by atoms with Crippen LogP contribution in [0.5, 0.6) is 0 Å². The lowest BCUT2D eigenvalue weighted by Gasteiger charge is -2.17. The van der Waals surface area contributed by atoms with Gasteiger partial charge in [-0.2, -0.15) is 4.31 Å². The third-order valence-electron chi connectivity index (χ3n) is 2.67. The number of hydrogen-bond acceptors (Lipinski definition) is 5. The van der Waals surface area contributed by atoms with Crippen molar-refractivity contribution in [2.45, 2.75) is 16.7 Å². The second-order valence-corrected chi connectivity index (χ2v) is 7.74. The summed E-state index contributed by atoms with van der Waals surface area (Å²) < 4.78 is 66.3. The predicted molar refractivity (Wildman–Crippen MR) is 74.1 cm³/mol. The molecule has 0 aliphatic carbocycles. The van der Waals surface area contributed by atoms with Gasteiger partial charge in [0.25, 0.3) is 0 Å². The Hall–Kier alpha value is -1.07. The SMILES string of the molecule is CCOCCN(C)S(=O)(=O)c1ccc(S(N)(=O)=O)cc1F. The number of rotatable bonds is 7. The normalized spacial score (nSPS) is 12.8. The van der Waals surface area contributed by atoms with Crippen LogP contribution in [-0.2, 0) is 24.8 Å². The lowest BCUT2D eigenvalue weighted by Crippen LogP contribution is -2.31. The molecule has 0 saturated carbocycles. The molecule has 2 N–H and O–H groups in total. The third-order valence-corrected chi connectivity index (χ3v) is 5.48. The van der Waals surface area contributed by atoms with E-state index in [1.807, 2.05) is 0 Å². The molecule has 7 nitrogen and oxygen atoms in total. The van der Waals surface area contributed by atoms with Crippen LogP contribution in [0.2, 0.25) is 0 Å². The molecule has 0 aromatic heterocycles. The van der Waals surface area contributed by atoms with Crippen LogP contribution in [0.15, 0.2) is 28.0 Å². The van der Waals surface area contributed by atoms with E-state index in [0.717, 1.165) is 16.4 Å². The van der Waals surface area contributed by atoms with Crippen molar-refractivity contribution < 1.29 is 26.0 Å². The van der Waals surface area contributed by atoms with Crippen LogP contribution >= 0.6 is 0 Å². The highest BCUT2D eigenvalue weighted by atomic mass is 32.2. The van der Waals surface area contributed by atoms with Gasteiger partial charge in [-0.15, -0.1) is 0 Å². The number of hydrogen-bond donors (Lipinski definition) is 1. The fourth-order valence-electron chi connectivity index (χ4n) is 1.49. The molecule has 1 rings (SSSR count). The Bertz CT molecular complexity index is 703. The molecule has 120 valence electrons. The summed E-state index contributed by atoms with van der Waals surface area (Å²) in [5, 5.41) is 4.85. The van der Waals surface area contributed by atoms with Crippen molar-refractivity contribution in [3.63, 3.8) is 0 Å². The van der Waals surface area contributed by atoms with Crippen molar-refractivity contribution in [1.82, 2.24) is 4.31 Å². The van der Waals surface area contributed by atoms with E-state index in [4.69, 9.17) is 9.88 Å². The molecule has 21 heavy (non-hydrogen) atoms. The molecule has 0 atom stereocenters. The van der Waals surface area contributed by atoms with E-state index in [-0.39, 0.29) is 13.2 Å². The maximum atomic E-state index is 13.9. The monoisotopic (exact) mass is 340 g/mol. The van der Waals surface area contributed by atoms with Gasteiger partial charge in [-0.3, -0.25) is 0 Å². The van der Waals surface area contributed by atoms with Gasteiger partial charge in [0.15, 0.2) is 0 Å². The van der Waals surface area contributed by atoms with Gasteiger partial charge in [0.05, 0.1) is 11.5 Å². The van der Waals surface area contributed by atoms with E-state index < -0.39 is 35.7 Å². The molecule has 0 aliphatic heterocycles. The van der Waals surface area contributed by atoms with E-state index in [1.54, 1.807) is 6.92 Å². The van der Waals surface area contributed by atoms with Gasteiger partial charge in [-0.25, -0.2) is 26.4 Å². The highest BCUT2D eigenvalue weighted by Gasteiger charge is 2.25. The maximum Gasteiger partial charge on any atom is 0.245 e. The number of halogens is 1. The van der Waals surface area contributed by atoms with E-state index in [2.05, 4.69) is 0 Å². The Kier molecular flexibility index (Phi) is 5.82. The molecule has 0 saturated heterocycles. The van der Waals surface area contributed by atoms with Crippen molar-refractivity contribution in [3.05, 3.63) is 24.0 Å². The zero-order chi connectivity index (χ0) is 16.3. The lowest BCUT2D eigenvalue weighted by molar-refractivity contribution is 0.138. The second kappa shape index (κ2) is 6.79. The van der Waals surface area contributed by atoms with E-state index >= 15 is 0 Å². The summed E-state index contributed by atoms with van der Waals surface area (Å²) in [7, 11) is -6.88. The van der Waals surface area contributed by atoms with Gasteiger partial charge in [-0.1, -0.05) is 0 Å². The van der Waals surface area contributed by atoms with Crippen LogP contribution in [0.3, 0.4) is 0 Å². The van der Waals surface area contributed by atoms with Crippen molar-refractivity contribution >= 4 is 20.0 Å². The van der Waals surface area contributed by atoms with Crippen molar-refractivity contribution in [2.24, 2.45) is 5.14 Å². The minimum Gasteiger partial charge on any atom is -0.380 e. The molecule has 0 amide bonds. The Morgan fingerprint density at radius 1 is 1.29 bits per heavy atom. The summed E-state index contributed by atoms with van der Waals surface area (Å²) in [4.78, 5) is -1.11. The Morgan fingerprint density at radius 2 is 1.90 bits per heavy atom. The molecule has 0 spiro atoms. The minimum absolute atomic E-state index is 0.0482. The van der Waals surface area contributed by atoms with Gasteiger partial charge in [0.1, 0.15) is 10.7 Å². The smallest absolute Gasteiger partial charge is 0.245 e. The predicted octanol–water partition coefficient (Wildman–Crippen LogP) is 0.130. The van der Waals surface area contributed by atoms with Crippen LogP contribution in [-0.4, -0.2) is 47.9 Å². The second-order valence-electron chi connectivity index (χ2n) is 4.16. The highest BCUT2D eigenvalue weighted by molar-refractivity contribution is 7.89. The summed E-state index contributed by atoms with van der Waals surface area (Å²) in [6, 6.07) is 2.40. The van der Waals surface area contributed by atoms with Crippen LogP contribution < -0.4 is 5.14 Å². The van der Waals surface area contributed by atoms with Gasteiger partial charge >= 0.3 is 0 Å². The van der Waals surface area contributed by atoms with E-state index in [9.17, 15) is 21.2 Å². The standard InChI is InChI=1S/C11H17FN2O5S2/c1-3-19-7-6-14(2)21(17,18)11-5-4-9(8-10(11)12)20(13,15)16/h4-5,8H,3,6-7H2,1-2H3,(H2,13,15,16). The summed E-state index contributed by atoms with van der Waals surface area (Å²) in [5.74, 6) is -1.18. The Balaban J connectivity index is 3.09. The average molecular weight is 340 g/mol. The quantitative estimate of drug-likeness (QED) is 0.710. The number of nitrogens with two attached hydrogens (primary N) is 1. The molecule has 0 heterocycles. The molecule has 10 heteroatoms. The fourth-order valence-corrected chi connectivity index (χ4v) is 3.21. The molecule has 1 aromatic rings. The van der Waals surface area contributed by atoms with Crippen molar-refractivity contribution in [2.75, 3.05) is 26.8 Å². The largest absolute Gasteiger partial charge is 0.380 e. The molecule has 0 unspecified atom stereocenters. The number of primary sulfonamides is 1. The van der Waals surface area contributed by atoms with Crippen LogP contribution in [0.1, 0.15) is 6.92 Å².